The predicted octanol–water partition coefficient (Wildman–Crippen LogP) is 5.03. The van der Waals surface area contributed by atoms with Gasteiger partial charge in [0.05, 0.1) is 12.6 Å². The summed E-state index contributed by atoms with van der Waals surface area (Å²) in [6.45, 7) is 4.04. The molecule has 0 radical (unpaired) electrons. The SMILES string of the molecule is Cc1ccc(NC(=O)N(CC(=O)N(Cc2ccc3c(c2)OCO3)Cc2cccs2)C[C@@H]2CCCO2)cc1. The summed E-state index contributed by atoms with van der Waals surface area (Å²) >= 11 is 1.60. The number of hydrogen-bond donors (Lipinski definition) is 1. The van der Waals surface area contributed by atoms with E-state index >= 15 is 0 Å². The third kappa shape index (κ3) is 6.61. The normalized spacial score (nSPS) is 16.0. The van der Waals surface area contributed by atoms with Crippen LogP contribution in [0.1, 0.15) is 28.8 Å². The molecule has 3 aromatic rings. The number of carbonyl (C=O) groups excluding carboxylic acids is 2. The van der Waals surface area contributed by atoms with Crippen molar-refractivity contribution < 1.29 is 23.8 Å². The van der Waals surface area contributed by atoms with Crippen LogP contribution in [0.4, 0.5) is 10.5 Å². The Morgan fingerprint density at radius 3 is 2.62 bits per heavy atom. The van der Waals surface area contributed by atoms with Crippen LogP contribution in [0.25, 0.3) is 0 Å². The summed E-state index contributed by atoms with van der Waals surface area (Å²) in [5.74, 6) is 1.25. The van der Waals surface area contributed by atoms with Gasteiger partial charge in [-0.25, -0.2) is 4.79 Å². The lowest BCUT2D eigenvalue weighted by Crippen LogP contribution is -2.46. The van der Waals surface area contributed by atoms with Crippen molar-refractivity contribution >= 4 is 29.0 Å². The fraction of sp³-hybridized carbons (Fsp3) is 0.357. The van der Waals surface area contributed by atoms with Crippen molar-refractivity contribution in [3.05, 3.63) is 76.0 Å². The molecule has 37 heavy (non-hydrogen) atoms. The van der Waals surface area contributed by atoms with Crippen molar-refractivity contribution in [3.63, 3.8) is 0 Å². The topological polar surface area (TPSA) is 80.3 Å². The summed E-state index contributed by atoms with van der Waals surface area (Å²) in [6.07, 6.45) is 1.76. The quantitative estimate of drug-likeness (QED) is 0.427. The summed E-state index contributed by atoms with van der Waals surface area (Å²) in [6, 6.07) is 17.0. The first kappa shape index (κ1) is 25.1. The zero-order chi connectivity index (χ0) is 25.6. The molecule has 0 spiro atoms. The van der Waals surface area contributed by atoms with E-state index in [2.05, 4.69) is 5.32 Å². The molecule has 1 fully saturated rings. The first-order valence-electron chi connectivity index (χ1n) is 12.5. The number of carbonyl (C=O) groups is 2. The Balaban J connectivity index is 1.33. The molecule has 194 valence electrons. The molecule has 3 amide bonds. The largest absolute Gasteiger partial charge is 0.454 e. The van der Waals surface area contributed by atoms with Crippen molar-refractivity contribution in [2.75, 3.05) is 31.8 Å². The van der Waals surface area contributed by atoms with E-state index in [1.165, 1.54) is 0 Å². The minimum atomic E-state index is -0.313. The van der Waals surface area contributed by atoms with Gasteiger partial charge in [-0.2, -0.15) is 0 Å². The number of thiophene rings is 1. The Kier molecular flexibility index (Phi) is 7.91. The second kappa shape index (κ2) is 11.7. The van der Waals surface area contributed by atoms with E-state index in [4.69, 9.17) is 14.2 Å². The number of urea groups is 1. The minimum Gasteiger partial charge on any atom is -0.454 e. The van der Waals surface area contributed by atoms with Gasteiger partial charge < -0.3 is 29.3 Å². The molecule has 0 bridgehead atoms. The maximum atomic E-state index is 13.7. The van der Waals surface area contributed by atoms with Gasteiger partial charge in [0.15, 0.2) is 11.5 Å². The Labute approximate surface area is 220 Å². The molecule has 5 rings (SSSR count). The number of nitrogens with zero attached hydrogens (tertiary/aromatic N) is 2. The summed E-state index contributed by atoms with van der Waals surface area (Å²) < 4.78 is 16.7. The lowest BCUT2D eigenvalue weighted by molar-refractivity contribution is -0.133. The van der Waals surface area contributed by atoms with Crippen LogP contribution in [-0.2, 0) is 22.6 Å². The van der Waals surface area contributed by atoms with Gasteiger partial charge in [0.1, 0.15) is 6.54 Å². The summed E-state index contributed by atoms with van der Waals surface area (Å²) in [5, 5.41) is 4.94. The number of aryl methyl sites for hydroxylation is 1. The van der Waals surface area contributed by atoms with Gasteiger partial charge in [-0.15, -0.1) is 11.3 Å². The van der Waals surface area contributed by atoms with Gasteiger partial charge in [-0.3, -0.25) is 4.79 Å². The molecule has 1 saturated heterocycles. The molecular formula is C28H31N3O5S. The maximum Gasteiger partial charge on any atom is 0.322 e. The highest BCUT2D eigenvalue weighted by Gasteiger charge is 2.27. The average Bonchev–Trinajstić information content (AvgIpc) is 3.68. The second-order valence-electron chi connectivity index (χ2n) is 9.33. The van der Waals surface area contributed by atoms with E-state index < -0.39 is 0 Å². The third-order valence-electron chi connectivity index (χ3n) is 6.45. The van der Waals surface area contributed by atoms with Crippen LogP contribution in [-0.4, -0.2) is 54.3 Å². The zero-order valence-corrected chi connectivity index (χ0v) is 21.7. The van der Waals surface area contributed by atoms with Crippen molar-refractivity contribution in [1.82, 2.24) is 9.80 Å². The molecule has 9 heteroatoms. The molecule has 2 aliphatic rings. The highest BCUT2D eigenvalue weighted by atomic mass is 32.1. The molecular weight excluding hydrogens is 490 g/mol. The van der Waals surface area contributed by atoms with Crippen LogP contribution in [0, 0.1) is 6.92 Å². The number of hydrogen-bond acceptors (Lipinski definition) is 6. The van der Waals surface area contributed by atoms with E-state index in [-0.39, 0.29) is 31.4 Å². The molecule has 0 unspecified atom stereocenters. The maximum absolute atomic E-state index is 13.7. The molecule has 1 atom stereocenters. The summed E-state index contributed by atoms with van der Waals surface area (Å²) in [7, 11) is 0. The highest BCUT2D eigenvalue weighted by molar-refractivity contribution is 7.09. The molecule has 2 aliphatic heterocycles. The van der Waals surface area contributed by atoms with Gasteiger partial charge in [0.25, 0.3) is 0 Å². The Bertz CT molecular complexity index is 1210. The number of benzene rings is 2. The van der Waals surface area contributed by atoms with E-state index in [1.54, 1.807) is 21.1 Å². The van der Waals surface area contributed by atoms with Gasteiger partial charge >= 0.3 is 6.03 Å². The van der Waals surface area contributed by atoms with Crippen LogP contribution in [0.15, 0.2) is 60.0 Å². The number of nitrogens with one attached hydrogen (secondary N) is 1. The summed E-state index contributed by atoms with van der Waals surface area (Å²) in [4.78, 5) is 31.4. The fourth-order valence-corrected chi connectivity index (χ4v) is 5.16. The number of ether oxygens (including phenoxy) is 3. The molecule has 1 N–H and O–H groups in total. The molecule has 8 nitrogen and oxygen atoms in total. The van der Waals surface area contributed by atoms with E-state index in [9.17, 15) is 9.59 Å². The first-order chi connectivity index (χ1) is 18.0. The van der Waals surface area contributed by atoms with E-state index in [0.717, 1.165) is 28.8 Å². The molecule has 2 aromatic carbocycles. The smallest absolute Gasteiger partial charge is 0.322 e. The van der Waals surface area contributed by atoms with Gasteiger partial charge in [-0.05, 0) is 61.0 Å². The van der Waals surface area contributed by atoms with Crippen LogP contribution in [0.3, 0.4) is 0 Å². The summed E-state index contributed by atoms with van der Waals surface area (Å²) in [5.41, 5.74) is 2.73. The number of rotatable bonds is 9. The van der Waals surface area contributed by atoms with Gasteiger partial charge in [0.2, 0.25) is 12.7 Å². The van der Waals surface area contributed by atoms with Crippen LogP contribution < -0.4 is 14.8 Å². The minimum absolute atomic E-state index is 0.0481. The Morgan fingerprint density at radius 2 is 1.86 bits per heavy atom. The first-order valence-corrected chi connectivity index (χ1v) is 13.3. The van der Waals surface area contributed by atoms with Crippen LogP contribution >= 0.6 is 11.3 Å². The standard InChI is InChI=1S/C28H31N3O5S/c1-20-6-9-22(10-7-20)29-28(33)31(16-23-4-2-12-34-23)18-27(32)30(17-24-5-3-13-37-24)15-21-8-11-25-26(14-21)36-19-35-25/h3,5-11,13-14,23H,2,4,12,15-19H2,1H3,(H,29,33)/t23-/m0/s1. The lowest BCUT2D eigenvalue weighted by atomic mass is 10.1. The monoisotopic (exact) mass is 521 g/mol. The van der Waals surface area contributed by atoms with Crippen LogP contribution in [0.2, 0.25) is 0 Å². The lowest BCUT2D eigenvalue weighted by Gasteiger charge is -2.29. The molecule has 1 aromatic heterocycles. The molecule has 3 heterocycles. The molecule has 0 aliphatic carbocycles. The van der Waals surface area contributed by atoms with Crippen molar-refractivity contribution in [3.8, 4) is 11.5 Å². The Morgan fingerprint density at radius 1 is 1.03 bits per heavy atom. The number of anilines is 1. The highest BCUT2D eigenvalue weighted by Crippen LogP contribution is 2.33. The van der Waals surface area contributed by atoms with Crippen molar-refractivity contribution in [1.29, 1.82) is 0 Å². The Hall–Kier alpha value is -3.56. The van der Waals surface area contributed by atoms with Gasteiger partial charge in [0, 0.05) is 30.3 Å². The predicted molar refractivity (Wildman–Crippen MR) is 142 cm³/mol. The second-order valence-corrected chi connectivity index (χ2v) is 10.4. The average molecular weight is 522 g/mol. The van der Waals surface area contributed by atoms with E-state index in [0.29, 0.717) is 43.4 Å². The molecule has 0 saturated carbocycles. The van der Waals surface area contributed by atoms with Crippen molar-refractivity contribution in [2.24, 2.45) is 0 Å². The van der Waals surface area contributed by atoms with E-state index in [1.807, 2.05) is 66.9 Å². The fourth-order valence-electron chi connectivity index (χ4n) is 4.44. The van der Waals surface area contributed by atoms with Crippen LogP contribution in [0.5, 0.6) is 11.5 Å². The van der Waals surface area contributed by atoms with Crippen molar-refractivity contribution in [2.45, 2.75) is 39.0 Å². The number of fused-ring (bicyclic) bond motifs is 1. The third-order valence-corrected chi connectivity index (χ3v) is 7.32. The van der Waals surface area contributed by atoms with Gasteiger partial charge in [-0.1, -0.05) is 29.8 Å². The zero-order valence-electron chi connectivity index (χ0n) is 20.9. The number of amides is 3.